The number of nitrogens with zero attached hydrogens (tertiary/aromatic N) is 2. The second kappa shape index (κ2) is 7.43. The van der Waals surface area contributed by atoms with Crippen LogP contribution < -0.4 is 10.5 Å². The Labute approximate surface area is 121 Å². The molecule has 5 nitrogen and oxygen atoms in total. The zero-order chi connectivity index (χ0) is 15.2. The van der Waals surface area contributed by atoms with Gasteiger partial charge in [-0.25, -0.2) is 4.98 Å². The summed E-state index contributed by atoms with van der Waals surface area (Å²) in [5, 5.41) is 0. The van der Waals surface area contributed by atoms with E-state index in [9.17, 15) is 0 Å². The van der Waals surface area contributed by atoms with E-state index >= 15 is 0 Å². The summed E-state index contributed by atoms with van der Waals surface area (Å²) in [5.74, 6) is 1.73. The van der Waals surface area contributed by atoms with Crippen molar-refractivity contribution in [2.24, 2.45) is 0 Å². The van der Waals surface area contributed by atoms with Crippen molar-refractivity contribution >= 4 is 5.82 Å². The lowest BCUT2D eigenvalue weighted by atomic mass is 9.95. The number of rotatable bonds is 7. The van der Waals surface area contributed by atoms with Crippen LogP contribution in [-0.4, -0.2) is 29.8 Å². The van der Waals surface area contributed by atoms with Crippen molar-refractivity contribution in [3.8, 4) is 5.88 Å². The molecule has 0 amide bonds. The van der Waals surface area contributed by atoms with E-state index in [4.69, 9.17) is 15.2 Å². The molecule has 1 aromatic heterocycles. The van der Waals surface area contributed by atoms with Gasteiger partial charge >= 0.3 is 0 Å². The minimum atomic E-state index is -0.155. The molecule has 0 radical (unpaired) electrons. The summed E-state index contributed by atoms with van der Waals surface area (Å²) in [6.07, 6.45) is 2.21. The molecular formula is C15H27N3O2. The van der Waals surface area contributed by atoms with E-state index in [1.807, 2.05) is 6.92 Å². The molecule has 2 N–H and O–H groups in total. The number of unbranched alkanes of at least 4 members (excludes halogenated alkanes) is 1. The molecule has 0 aliphatic heterocycles. The SMILES string of the molecule is CCCCOCCOc1nc(C(C)(C)C)nc(N)c1C. The van der Waals surface area contributed by atoms with Crippen molar-refractivity contribution in [3.63, 3.8) is 0 Å². The van der Waals surface area contributed by atoms with E-state index in [2.05, 4.69) is 37.7 Å². The third-order valence-electron chi connectivity index (χ3n) is 2.92. The zero-order valence-corrected chi connectivity index (χ0v) is 13.3. The number of hydrogen-bond acceptors (Lipinski definition) is 5. The standard InChI is InChI=1S/C15H27N3O2/c1-6-7-8-19-9-10-20-13-11(2)12(16)17-14(18-13)15(3,4)5/h6-10H2,1-5H3,(H2,16,17,18). The highest BCUT2D eigenvalue weighted by molar-refractivity contribution is 5.45. The molecule has 0 fully saturated rings. The number of hydrogen-bond donors (Lipinski definition) is 1. The highest BCUT2D eigenvalue weighted by Crippen LogP contribution is 2.25. The minimum Gasteiger partial charge on any atom is -0.475 e. The molecule has 0 aliphatic carbocycles. The van der Waals surface area contributed by atoms with Crippen molar-refractivity contribution in [3.05, 3.63) is 11.4 Å². The van der Waals surface area contributed by atoms with Gasteiger partial charge in [0.15, 0.2) is 0 Å². The Bertz CT molecular complexity index is 428. The third kappa shape index (κ3) is 4.96. The molecule has 0 saturated heterocycles. The molecule has 0 atom stereocenters. The molecular weight excluding hydrogens is 254 g/mol. The lowest BCUT2D eigenvalue weighted by Crippen LogP contribution is -2.19. The fraction of sp³-hybridized carbons (Fsp3) is 0.733. The van der Waals surface area contributed by atoms with Gasteiger partial charge in [0.25, 0.3) is 0 Å². The van der Waals surface area contributed by atoms with E-state index in [0.717, 1.165) is 25.0 Å². The van der Waals surface area contributed by atoms with Gasteiger partial charge in [-0.05, 0) is 13.3 Å². The van der Waals surface area contributed by atoms with E-state index in [1.54, 1.807) is 0 Å². The van der Waals surface area contributed by atoms with Crippen molar-refractivity contribution in [2.75, 3.05) is 25.6 Å². The summed E-state index contributed by atoms with van der Waals surface area (Å²) in [6.45, 7) is 12.0. The quantitative estimate of drug-likeness (QED) is 0.778. The van der Waals surface area contributed by atoms with Crippen LogP contribution in [0.2, 0.25) is 0 Å². The molecule has 0 aromatic carbocycles. The van der Waals surface area contributed by atoms with Crippen LogP contribution in [0.25, 0.3) is 0 Å². The van der Waals surface area contributed by atoms with E-state index in [1.165, 1.54) is 0 Å². The maximum Gasteiger partial charge on any atom is 0.221 e. The molecule has 0 aliphatic rings. The van der Waals surface area contributed by atoms with Crippen LogP contribution in [0.3, 0.4) is 0 Å². The van der Waals surface area contributed by atoms with Crippen molar-refractivity contribution in [1.82, 2.24) is 9.97 Å². The number of nitrogens with two attached hydrogens (primary N) is 1. The van der Waals surface area contributed by atoms with Crippen LogP contribution in [0.5, 0.6) is 5.88 Å². The molecule has 0 unspecified atom stereocenters. The van der Waals surface area contributed by atoms with Gasteiger partial charge < -0.3 is 15.2 Å². The van der Waals surface area contributed by atoms with Gasteiger partial charge in [-0.15, -0.1) is 0 Å². The molecule has 20 heavy (non-hydrogen) atoms. The first-order chi connectivity index (χ1) is 9.36. The number of ether oxygens (including phenoxy) is 2. The Kier molecular flexibility index (Phi) is 6.20. The van der Waals surface area contributed by atoms with Crippen LogP contribution in [0, 0.1) is 6.92 Å². The van der Waals surface area contributed by atoms with Gasteiger partial charge in [0, 0.05) is 12.0 Å². The maximum absolute atomic E-state index is 5.93. The fourth-order valence-electron chi connectivity index (χ4n) is 1.53. The second-order valence-electron chi connectivity index (χ2n) is 5.93. The summed E-state index contributed by atoms with van der Waals surface area (Å²) in [7, 11) is 0. The predicted molar refractivity (Wildman–Crippen MR) is 81.1 cm³/mol. The Balaban J connectivity index is 2.63. The smallest absolute Gasteiger partial charge is 0.221 e. The van der Waals surface area contributed by atoms with Gasteiger partial charge in [-0.2, -0.15) is 4.98 Å². The lowest BCUT2D eigenvalue weighted by molar-refractivity contribution is 0.0960. The van der Waals surface area contributed by atoms with Gasteiger partial charge in [0.05, 0.1) is 12.2 Å². The second-order valence-corrected chi connectivity index (χ2v) is 5.93. The monoisotopic (exact) mass is 281 g/mol. The lowest BCUT2D eigenvalue weighted by Gasteiger charge is -2.19. The van der Waals surface area contributed by atoms with Gasteiger partial charge in [-0.3, -0.25) is 0 Å². The summed E-state index contributed by atoms with van der Waals surface area (Å²) in [5.41, 5.74) is 6.55. The molecule has 1 aromatic rings. The highest BCUT2D eigenvalue weighted by atomic mass is 16.5. The first-order valence-corrected chi connectivity index (χ1v) is 7.21. The van der Waals surface area contributed by atoms with Gasteiger partial charge in [0.1, 0.15) is 18.2 Å². The van der Waals surface area contributed by atoms with Crippen LogP contribution in [0.4, 0.5) is 5.82 Å². The van der Waals surface area contributed by atoms with E-state index < -0.39 is 0 Å². The Hall–Kier alpha value is -1.36. The first kappa shape index (κ1) is 16.7. The van der Waals surface area contributed by atoms with Crippen LogP contribution in [-0.2, 0) is 10.2 Å². The largest absolute Gasteiger partial charge is 0.475 e. The average Bonchev–Trinajstić information content (AvgIpc) is 2.37. The molecule has 1 heterocycles. The molecule has 1 rings (SSSR count). The summed E-state index contributed by atoms with van der Waals surface area (Å²) < 4.78 is 11.1. The number of aromatic nitrogens is 2. The maximum atomic E-state index is 5.93. The van der Waals surface area contributed by atoms with E-state index in [0.29, 0.717) is 30.7 Å². The Morgan fingerprint density at radius 1 is 1.10 bits per heavy atom. The van der Waals surface area contributed by atoms with Crippen LogP contribution in [0.1, 0.15) is 51.9 Å². The fourth-order valence-corrected chi connectivity index (χ4v) is 1.53. The first-order valence-electron chi connectivity index (χ1n) is 7.21. The molecule has 5 heteroatoms. The average molecular weight is 281 g/mol. The number of nitrogen functional groups attached to an aromatic ring is 1. The summed E-state index contributed by atoms with van der Waals surface area (Å²) >= 11 is 0. The Morgan fingerprint density at radius 3 is 2.40 bits per heavy atom. The van der Waals surface area contributed by atoms with Crippen LogP contribution >= 0.6 is 0 Å². The summed E-state index contributed by atoms with van der Waals surface area (Å²) in [6, 6.07) is 0. The topological polar surface area (TPSA) is 70.3 Å². The van der Waals surface area contributed by atoms with Crippen molar-refractivity contribution < 1.29 is 9.47 Å². The summed E-state index contributed by atoms with van der Waals surface area (Å²) in [4.78, 5) is 8.80. The van der Waals surface area contributed by atoms with Gasteiger partial charge in [-0.1, -0.05) is 34.1 Å². The molecule has 0 saturated carbocycles. The van der Waals surface area contributed by atoms with Crippen molar-refractivity contribution in [1.29, 1.82) is 0 Å². The normalized spacial score (nSPS) is 11.7. The molecule has 0 spiro atoms. The molecule has 0 bridgehead atoms. The third-order valence-corrected chi connectivity index (χ3v) is 2.92. The van der Waals surface area contributed by atoms with Crippen molar-refractivity contribution in [2.45, 2.75) is 52.9 Å². The predicted octanol–water partition coefficient (Wildman–Crippen LogP) is 2.86. The van der Waals surface area contributed by atoms with Crippen LogP contribution in [0.15, 0.2) is 0 Å². The highest BCUT2D eigenvalue weighted by Gasteiger charge is 2.20. The molecule has 114 valence electrons. The van der Waals surface area contributed by atoms with Gasteiger partial charge in [0.2, 0.25) is 5.88 Å². The minimum absolute atomic E-state index is 0.155. The van der Waals surface area contributed by atoms with E-state index in [-0.39, 0.29) is 5.41 Å². The number of anilines is 1. The zero-order valence-electron chi connectivity index (χ0n) is 13.3. The Morgan fingerprint density at radius 2 is 1.80 bits per heavy atom.